The summed E-state index contributed by atoms with van der Waals surface area (Å²) in [7, 11) is 0.190. The molecule has 0 unspecified atom stereocenters. The number of benzene rings is 1. The van der Waals surface area contributed by atoms with Crippen LogP contribution >= 0.6 is 0 Å². The van der Waals surface area contributed by atoms with Gasteiger partial charge in [0.05, 0.1) is 23.3 Å². The Kier molecular flexibility index (Phi) is 4.46. The molecular weight excluding hydrogens is 302 g/mol. The van der Waals surface area contributed by atoms with Gasteiger partial charge in [-0.15, -0.1) is 0 Å². The van der Waals surface area contributed by atoms with Crippen LogP contribution < -0.4 is 10.1 Å². The first-order chi connectivity index (χ1) is 10.2. The molecule has 7 heteroatoms. The summed E-state index contributed by atoms with van der Waals surface area (Å²) in [6, 6.07) is 5.32. The molecule has 1 N–H and O–H groups in total. The Labute approximate surface area is 131 Å². The third kappa shape index (κ3) is 3.24. The smallest absolute Gasteiger partial charge is 0.216 e. The molecular formula is C15H21N3O3S. The zero-order valence-electron chi connectivity index (χ0n) is 13.5. The van der Waals surface area contributed by atoms with Crippen molar-refractivity contribution in [1.82, 2.24) is 9.78 Å². The second kappa shape index (κ2) is 6.00. The number of hydrogen-bond acceptors (Lipinski definition) is 5. The lowest BCUT2D eigenvalue weighted by Crippen LogP contribution is -2.05. The van der Waals surface area contributed by atoms with E-state index in [1.807, 2.05) is 20.0 Å². The molecule has 0 atom stereocenters. The number of sulfone groups is 1. The van der Waals surface area contributed by atoms with E-state index in [0.29, 0.717) is 17.3 Å². The van der Waals surface area contributed by atoms with Crippen molar-refractivity contribution in [2.24, 2.45) is 7.05 Å². The van der Waals surface area contributed by atoms with E-state index < -0.39 is 9.84 Å². The summed E-state index contributed by atoms with van der Waals surface area (Å²) in [6.07, 6.45) is 1.22. The number of ether oxygens (including phenoxy) is 1. The van der Waals surface area contributed by atoms with Gasteiger partial charge in [0, 0.05) is 25.5 Å². The fourth-order valence-corrected chi connectivity index (χ4v) is 3.43. The molecule has 120 valence electrons. The SMILES string of the molecule is COc1c(CNc2ccc(C)c(S(C)(=O)=O)c2)c(C)nn1C. The van der Waals surface area contributed by atoms with Gasteiger partial charge in [-0.25, -0.2) is 13.1 Å². The summed E-state index contributed by atoms with van der Waals surface area (Å²) in [4.78, 5) is 0.340. The second-order valence-electron chi connectivity index (χ2n) is 5.30. The molecule has 0 radical (unpaired) electrons. The molecule has 0 amide bonds. The molecule has 0 saturated heterocycles. The Morgan fingerprint density at radius 3 is 2.59 bits per heavy atom. The van der Waals surface area contributed by atoms with Crippen LogP contribution in [0.15, 0.2) is 23.1 Å². The molecule has 2 rings (SSSR count). The highest BCUT2D eigenvalue weighted by molar-refractivity contribution is 7.90. The summed E-state index contributed by atoms with van der Waals surface area (Å²) in [5.41, 5.74) is 3.31. The third-order valence-electron chi connectivity index (χ3n) is 3.54. The van der Waals surface area contributed by atoms with Crippen LogP contribution in [0.3, 0.4) is 0 Å². The van der Waals surface area contributed by atoms with Gasteiger partial charge in [0.25, 0.3) is 0 Å². The normalized spacial score (nSPS) is 11.5. The van der Waals surface area contributed by atoms with Crippen molar-refractivity contribution >= 4 is 15.5 Å². The fourth-order valence-electron chi connectivity index (χ4n) is 2.44. The molecule has 1 aromatic heterocycles. The number of aryl methyl sites for hydroxylation is 3. The van der Waals surface area contributed by atoms with Gasteiger partial charge in [0.15, 0.2) is 9.84 Å². The minimum absolute atomic E-state index is 0.340. The van der Waals surface area contributed by atoms with Crippen LogP contribution in [0.2, 0.25) is 0 Å². The number of hydrogen-bond donors (Lipinski definition) is 1. The first kappa shape index (κ1) is 16.4. The third-order valence-corrected chi connectivity index (χ3v) is 4.78. The monoisotopic (exact) mass is 323 g/mol. The molecule has 0 aliphatic carbocycles. The summed E-state index contributed by atoms with van der Waals surface area (Å²) in [6.45, 7) is 4.21. The predicted octanol–water partition coefficient (Wildman–Crippen LogP) is 2.06. The highest BCUT2D eigenvalue weighted by Gasteiger charge is 2.15. The standard InChI is InChI=1S/C15H21N3O3S/c1-10-6-7-12(8-14(10)22(5,19)20)16-9-13-11(2)17-18(3)15(13)21-4/h6-8,16H,9H2,1-5H3. The Morgan fingerprint density at radius 1 is 1.32 bits per heavy atom. The number of nitrogens with zero attached hydrogens (tertiary/aromatic N) is 2. The zero-order valence-corrected chi connectivity index (χ0v) is 14.3. The molecule has 0 aliphatic rings. The van der Waals surface area contributed by atoms with Crippen molar-refractivity contribution in [3.8, 4) is 5.88 Å². The molecule has 22 heavy (non-hydrogen) atoms. The Bertz CT molecular complexity index is 795. The number of rotatable bonds is 5. The van der Waals surface area contributed by atoms with Gasteiger partial charge in [-0.1, -0.05) is 6.07 Å². The molecule has 0 saturated carbocycles. The maximum Gasteiger partial charge on any atom is 0.216 e. The van der Waals surface area contributed by atoms with E-state index in [9.17, 15) is 8.42 Å². The summed E-state index contributed by atoms with van der Waals surface area (Å²) in [5, 5.41) is 7.55. The second-order valence-corrected chi connectivity index (χ2v) is 7.29. The average molecular weight is 323 g/mol. The van der Waals surface area contributed by atoms with Crippen molar-refractivity contribution in [3.05, 3.63) is 35.0 Å². The van der Waals surface area contributed by atoms with Crippen LogP contribution in [0.1, 0.15) is 16.8 Å². The predicted molar refractivity (Wildman–Crippen MR) is 86.1 cm³/mol. The van der Waals surface area contributed by atoms with Crippen LogP contribution in [0.25, 0.3) is 0 Å². The van der Waals surface area contributed by atoms with E-state index in [0.717, 1.165) is 22.5 Å². The van der Waals surface area contributed by atoms with Crippen LogP contribution in [-0.4, -0.2) is 31.6 Å². The van der Waals surface area contributed by atoms with Gasteiger partial charge in [-0.05, 0) is 31.5 Å². The lowest BCUT2D eigenvalue weighted by Gasteiger charge is -2.11. The molecule has 0 spiro atoms. The first-order valence-corrected chi connectivity index (χ1v) is 8.74. The molecule has 0 aliphatic heterocycles. The largest absolute Gasteiger partial charge is 0.481 e. The minimum atomic E-state index is -3.24. The van der Waals surface area contributed by atoms with Crippen LogP contribution in [0.4, 0.5) is 5.69 Å². The highest BCUT2D eigenvalue weighted by atomic mass is 32.2. The maximum atomic E-state index is 11.8. The van der Waals surface area contributed by atoms with Gasteiger partial charge in [-0.2, -0.15) is 5.10 Å². The van der Waals surface area contributed by atoms with Gasteiger partial charge in [0.2, 0.25) is 5.88 Å². The first-order valence-electron chi connectivity index (χ1n) is 6.85. The molecule has 0 bridgehead atoms. The van der Waals surface area contributed by atoms with E-state index in [2.05, 4.69) is 10.4 Å². The van der Waals surface area contributed by atoms with Crippen molar-refractivity contribution in [1.29, 1.82) is 0 Å². The Morgan fingerprint density at radius 2 is 2.00 bits per heavy atom. The quantitative estimate of drug-likeness (QED) is 0.912. The van der Waals surface area contributed by atoms with E-state index in [4.69, 9.17) is 4.74 Å². The topological polar surface area (TPSA) is 73.2 Å². The van der Waals surface area contributed by atoms with E-state index in [1.54, 1.807) is 30.8 Å². The van der Waals surface area contributed by atoms with Crippen molar-refractivity contribution in [2.75, 3.05) is 18.7 Å². The molecule has 1 heterocycles. The van der Waals surface area contributed by atoms with Gasteiger partial charge in [-0.3, -0.25) is 0 Å². The van der Waals surface area contributed by atoms with Crippen molar-refractivity contribution in [2.45, 2.75) is 25.3 Å². The lowest BCUT2D eigenvalue weighted by atomic mass is 10.2. The van der Waals surface area contributed by atoms with Crippen LogP contribution in [-0.2, 0) is 23.4 Å². The van der Waals surface area contributed by atoms with Crippen LogP contribution in [0.5, 0.6) is 5.88 Å². The Balaban J connectivity index is 2.27. The summed E-state index contributed by atoms with van der Waals surface area (Å²) < 4.78 is 30.6. The molecule has 2 aromatic rings. The number of nitrogens with one attached hydrogen (secondary N) is 1. The average Bonchev–Trinajstić information content (AvgIpc) is 2.70. The summed E-state index contributed by atoms with van der Waals surface area (Å²) >= 11 is 0. The molecule has 0 fully saturated rings. The van der Waals surface area contributed by atoms with Gasteiger partial charge < -0.3 is 10.1 Å². The number of aromatic nitrogens is 2. The van der Waals surface area contributed by atoms with Crippen LogP contribution in [0, 0.1) is 13.8 Å². The fraction of sp³-hybridized carbons (Fsp3) is 0.400. The van der Waals surface area contributed by atoms with Gasteiger partial charge in [0.1, 0.15) is 0 Å². The molecule has 6 nitrogen and oxygen atoms in total. The maximum absolute atomic E-state index is 11.8. The lowest BCUT2D eigenvalue weighted by molar-refractivity contribution is 0.370. The number of methoxy groups -OCH3 is 1. The summed E-state index contributed by atoms with van der Waals surface area (Å²) in [5.74, 6) is 0.695. The highest BCUT2D eigenvalue weighted by Crippen LogP contribution is 2.24. The van der Waals surface area contributed by atoms with E-state index in [1.165, 1.54) is 6.26 Å². The minimum Gasteiger partial charge on any atom is -0.481 e. The van der Waals surface area contributed by atoms with Crippen molar-refractivity contribution in [3.63, 3.8) is 0 Å². The van der Waals surface area contributed by atoms with E-state index in [-0.39, 0.29) is 0 Å². The zero-order chi connectivity index (χ0) is 16.5. The van der Waals surface area contributed by atoms with E-state index >= 15 is 0 Å². The van der Waals surface area contributed by atoms with Crippen molar-refractivity contribution < 1.29 is 13.2 Å². The number of anilines is 1. The Hall–Kier alpha value is -2.02. The van der Waals surface area contributed by atoms with Gasteiger partial charge >= 0.3 is 0 Å². The molecule has 1 aromatic carbocycles.